The van der Waals surface area contributed by atoms with Crippen LogP contribution in [0.25, 0.3) is 11.1 Å². The number of ether oxygens (including phenoxy) is 2. The van der Waals surface area contributed by atoms with Crippen LogP contribution in [0.5, 0.6) is 5.75 Å². The molecule has 2 fully saturated rings. The molecule has 3 aromatic rings. The first-order chi connectivity index (χ1) is 22.7. The van der Waals surface area contributed by atoms with Crippen LogP contribution >= 0.6 is 0 Å². The van der Waals surface area contributed by atoms with E-state index in [2.05, 4.69) is 36.0 Å². The highest BCUT2D eigenvalue weighted by molar-refractivity contribution is 5.92. The molecule has 3 heterocycles. The fourth-order valence-electron chi connectivity index (χ4n) is 6.65. The van der Waals surface area contributed by atoms with Crippen LogP contribution in [0.2, 0.25) is 0 Å². The molecule has 2 aromatic carbocycles. The van der Waals surface area contributed by atoms with Gasteiger partial charge in [0.25, 0.3) is 0 Å². The van der Waals surface area contributed by atoms with E-state index in [1.165, 1.54) is 12.1 Å². The smallest absolute Gasteiger partial charge is 0.337 e. The molecule has 8 nitrogen and oxygen atoms in total. The van der Waals surface area contributed by atoms with Gasteiger partial charge in [0.05, 0.1) is 17.9 Å². The van der Waals surface area contributed by atoms with E-state index in [1.54, 1.807) is 12.1 Å². The minimum atomic E-state index is -1.19. The van der Waals surface area contributed by atoms with Crippen molar-refractivity contribution < 1.29 is 23.8 Å². The number of carboxylic acids is 1. The lowest BCUT2D eigenvalue weighted by atomic mass is 9.82. The molecule has 2 aliphatic heterocycles. The van der Waals surface area contributed by atoms with Crippen LogP contribution in [0.4, 0.5) is 15.9 Å². The van der Waals surface area contributed by atoms with E-state index in [4.69, 9.17) is 14.5 Å². The number of likely N-dealkylation sites (tertiary alicyclic amines) is 1. The molecule has 0 saturated carbocycles. The van der Waals surface area contributed by atoms with Crippen molar-refractivity contribution in [2.45, 2.75) is 91.4 Å². The zero-order valence-electron chi connectivity index (χ0n) is 29.7. The summed E-state index contributed by atoms with van der Waals surface area (Å²) in [4.78, 5) is 22.8. The highest BCUT2D eigenvalue weighted by Gasteiger charge is 2.37. The summed E-state index contributed by atoms with van der Waals surface area (Å²) in [5.41, 5.74) is 4.52. The molecule has 1 aromatic heterocycles. The van der Waals surface area contributed by atoms with Gasteiger partial charge >= 0.3 is 5.97 Å². The van der Waals surface area contributed by atoms with Crippen molar-refractivity contribution in [2.75, 3.05) is 50.1 Å². The number of aliphatic carboxylic acids is 1. The number of carboxylic acid groups (broad SMARTS) is 1. The summed E-state index contributed by atoms with van der Waals surface area (Å²) >= 11 is 0. The number of aromatic nitrogens is 1. The Morgan fingerprint density at radius 2 is 1.67 bits per heavy atom. The maximum atomic E-state index is 13.3. The summed E-state index contributed by atoms with van der Waals surface area (Å²) < 4.78 is 25.7. The molecule has 0 radical (unpaired) electrons. The van der Waals surface area contributed by atoms with Crippen molar-refractivity contribution in [3.8, 4) is 16.9 Å². The molecule has 48 heavy (non-hydrogen) atoms. The molecule has 2 N–H and O–H groups in total. The van der Waals surface area contributed by atoms with Crippen LogP contribution in [0.15, 0.2) is 48.5 Å². The van der Waals surface area contributed by atoms with E-state index in [0.717, 1.165) is 85.8 Å². The fourth-order valence-corrected chi connectivity index (χ4v) is 6.65. The van der Waals surface area contributed by atoms with Gasteiger partial charge in [-0.25, -0.2) is 14.2 Å². The molecule has 1 atom stereocenters. The van der Waals surface area contributed by atoms with Gasteiger partial charge in [0.2, 0.25) is 0 Å². The molecule has 260 valence electrons. The SMILES string of the molecule is Cc1nc(NC2CCN(C)CC2)c(-c2ccc(OCCc3ccc(F)cc3)cc2)c(N2CCC(C)(C)CC2)c1C(OC(C)(C)C)C(=O)O. The summed E-state index contributed by atoms with van der Waals surface area (Å²) in [7, 11) is 2.15. The minimum Gasteiger partial charge on any atom is -0.493 e. The van der Waals surface area contributed by atoms with Crippen molar-refractivity contribution in [1.82, 2.24) is 9.88 Å². The number of halogens is 1. The molecule has 9 heteroatoms. The second kappa shape index (κ2) is 14.8. The fraction of sp³-hybridized carbons (Fsp3) is 0.538. The lowest BCUT2D eigenvalue weighted by molar-refractivity contribution is -0.160. The van der Waals surface area contributed by atoms with E-state index < -0.39 is 17.7 Å². The van der Waals surface area contributed by atoms with E-state index in [0.29, 0.717) is 24.3 Å². The molecule has 0 bridgehead atoms. The number of nitrogens with zero attached hydrogens (tertiary/aromatic N) is 3. The van der Waals surface area contributed by atoms with Gasteiger partial charge < -0.3 is 29.7 Å². The molecule has 0 amide bonds. The van der Waals surface area contributed by atoms with E-state index in [9.17, 15) is 14.3 Å². The summed E-state index contributed by atoms with van der Waals surface area (Å²) in [5.74, 6) is 0.225. The predicted molar refractivity (Wildman–Crippen MR) is 191 cm³/mol. The lowest BCUT2D eigenvalue weighted by Gasteiger charge is -2.41. The second-order valence-electron chi connectivity index (χ2n) is 15.3. The highest BCUT2D eigenvalue weighted by Crippen LogP contribution is 2.47. The predicted octanol–water partition coefficient (Wildman–Crippen LogP) is 7.89. The Kier molecular flexibility index (Phi) is 11.0. The van der Waals surface area contributed by atoms with Gasteiger partial charge in [-0.1, -0.05) is 38.1 Å². The Morgan fingerprint density at radius 1 is 1.04 bits per heavy atom. The molecule has 2 aliphatic rings. The van der Waals surface area contributed by atoms with Gasteiger partial charge in [-0.05, 0) is 114 Å². The van der Waals surface area contributed by atoms with Gasteiger partial charge in [0.15, 0.2) is 6.10 Å². The molecule has 2 saturated heterocycles. The summed E-state index contributed by atoms with van der Waals surface area (Å²) in [6.07, 6.45) is 3.45. The van der Waals surface area contributed by atoms with Gasteiger partial charge in [0.1, 0.15) is 17.4 Å². The zero-order valence-corrected chi connectivity index (χ0v) is 29.7. The van der Waals surface area contributed by atoms with Crippen molar-refractivity contribution in [2.24, 2.45) is 5.41 Å². The Morgan fingerprint density at radius 3 is 2.25 bits per heavy atom. The Hall–Kier alpha value is -3.69. The molecular weight excluding hydrogens is 607 g/mol. The third kappa shape index (κ3) is 9.05. The van der Waals surface area contributed by atoms with E-state index in [1.807, 2.05) is 52.0 Å². The summed E-state index contributed by atoms with van der Waals surface area (Å²) in [5, 5.41) is 14.4. The van der Waals surface area contributed by atoms with Crippen molar-refractivity contribution in [3.05, 3.63) is 71.2 Å². The number of piperidine rings is 2. The topological polar surface area (TPSA) is 87.2 Å². The number of rotatable bonds is 11. The van der Waals surface area contributed by atoms with Gasteiger partial charge in [-0.15, -0.1) is 0 Å². The third-order valence-corrected chi connectivity index (χ3v) is 9.56. The van der Waals surface area contributed by atoms with Crippen molar-refractivity contribution in [3.63, 3.8) is 0 Å². The first-order valence-corrected chi connectivity index (χ1v) is 17.3. The van der Waals surface area contributed by atoms with Crippen LogP contribution in [0.1, 0.15) is 83.2 Å². The largest absolute Gasteiger partial charge is 0.493 e. The Balaban J connectivity index is 1.58. The number of nitrogens with one attached hydrogen (secondary N) is 1. The standard InChI is InChI=1S/C39H53FN4O4/c1-26-32(35(37(45)46)48-38(2,3)4)34(44-23-19-39(5,6)20-24-44)33(36(41-26)42-30-16-21-43(7)22-17-30)28-10-14-31(15-11-28)47-25-18-27-8-12-29(40)13-9-27/h8-15,30,35H,16-25H2,1-7H3,(H,41,42)(H,45,46). The summed E-state index contributed by atoms with van der Waals surface area (Å²) in [6, 6.07) is 14.7. The third-order valence-electron chi connectivity index (χ3n) is 9.56. The van der Waals surface area contributed by atoms with Crippen LogP contribution in [-0.4, -0.2) is 72.4 Å². The highest BCUT2D eigenvalue weighted by atomic mass is 19.1. The molecule has 0 aliphatic carbocycles. The second-order valence-corrected chi connectivity index (χ2v) is 15.3. The van der Waals surface area contributed by atoms with Crippen molar-refractivity contribution in [1.29, 1.82) is 0 Å². The van der Waals surface area contributed by atoms with Gasteiger partial charge in [-0.2, -0.15) is 0 Å². The maximum Gasteiger partial charge on any atom is 0.337 e. The molecule has 0 spiro atoms. The number of aryl methyl sites for hydroxylation is 1. The average Bonchev–Trinajstić information content (AvgIpc) is 3.02. The average molecular weight is 661 g/mol. The summed E-state index contributed by atoms with van der Waals surface area (Å²) in [6.45, 7) is 16.3. The molecule has 1 unspecified atom stereocenters. The number of pyridine rings is 1. The van der Waals surface area contributed by atoms with Crippen LogP contribution in [0.3, 0.4) is 0 Å². The first kappa shape index (κ1) is 35.6. The maximum absolute atomic E-state index is 13.3. The molecule has 5 rings (SSSR count). The Labute approximate surface area is 285 Å². The Bertz CT molecular complexity index is 1530. The number of anilines is 2. The van der Waals surface area contributed by atoms with Crippen LogP contribution < -0.4 is 15.0 Å². The monoisotopic (exact) mass is 660 g/mol. The number of carbonyl (C=O) groups is 1. The van der Waals surface area contributed by atoms with Crippen LogP contribution in [0, 0.1) is 18.2 Å². The minimum absolute atomic E-state index is 0.203. The quantitative estimate of drug-likeness (QED) is 0.215. The van der Waals surface area contributed by atoms with Crippen LogP contribution in [-0.2, 0) is 16.0 Å². The number of hydrogen-bond donors (Lipinski definition) is 2. The first-order valence-electron chi connectivity index (χ1n) is 17.3. The number of hydrogen-bond acceptors (Lipinski definition) is 7. The normalized spacial score (nSPS) is 18.0. The van der Waals surface area contributed by atoms with Crippen molar-refractivity contribution >= 4 is 17.5 Å². The van der Waals surface area contributed by atoms with E-state index in [-0.39, 0.29) is 17.3 Å². The van der Waals surface area contributed by atoms with Gasteiger partial charge in [0, 0.05) is 42.4 Å². The van der Waals surface area contributed by atoms with Gasteiger partial charge in [-0.3, -0.25) is 0 Å². The lowest BCUT2D eigenvalue weighted by Crippen LogP contribution is -2.40. The number of benzene rings is 2. The zero-order chi connectivity index (χ0) is 34.6. The van der Waals surface area contributed by atoms with E-state index >= 15 is 0 Å². The molecular formula is C39H53FN4O4.